The summed E-state index contributed by atoms with van der Waals surface area (Å²) < 4.78 is 0. The Hall–Kier alpha value is -2.81. The molecule has 124 valence electrons. The largest absolute Gasteiger partial charge is 0.396 e. The zero-order valence-electron chi connectivity index (χ0n) is 12.4. The predicted molar refractivity (Wildman–Crippen MR) is 79.3 cm³/mol. The molecule has 0 spiro atoms. The van der Waals surface area contributed by atoms with E-state index >= 15 is 0 Å². The molecule has 1 aromatic rings. The molecule has 23 heavy (non-hydrogen) atoms. The molecular weight excluding hydrogens is 306 g/mol. The summed E-state index contributed by atoms with van der Waals surface area (Å²) in [6, 6.07) is 4.51. The van der Waals surface area contributed by atoms with Crippen LogP contribution in [0.15, 0.2) is 24.3 Å². The van der Waals surface area contributed by atoms with Gasteiger partial charge in [0.25, 0.3) is 5.69 Å². The molecule has 1 aromatic carbocycles. The molecular formula is C14H17N3O6. The minimum absolute atomic E-state index is 0.0653. The van der Waals surface area contributed by atoms with Crippen LogP contribution in [0.25, 0.3) is 0 Å². The number of nitrogens with zero attached hydrogens (tertiary/aromatic N) is 1. The van der Waals surface area contributed by atoms with Gasteiger partial charge in [0.1, 0.15) is 6.04 Å². The van der Waals surface area contributed by atoms with E-state index in [1.807, 2.05) is 0 Å². The lowest BCUT2D eigenvalue weighted by atomic mass is 10.0. The summed E-state index contributed by atoms with van der Waals surface area (Å²) in [5.41, 5.74) is 0.492. The van der Waals surface area contributed by atoms with Crippen LogP contribution in [-0.4, -0.2) is 40.4 Å². The van der Waals surface area contributed by atoms with Crippen LogP contribution in [0, 0.1) is 10.1 Å². The van der Waals surface area contributed by atoms with E-state index in [4.69, 9.17) is 5.11 Å². The number of carbonyl (C=O) groups is 3. The van der Waals surface area contributed by atoms with Crippen LogP contribution in [0.2, 0.25) is 0 Å². The van der Waals surface area contributed by atoms with Gasteiger partial charge in [-0.15, -0.1) is 0 Å². The van der Waals surface area contributed by atoms with Crippen molar-refractivity contribution in [1.29, 1.82) is 0 Å². The molecule has 0 aliphatic carbocycles. The quantitative estimate of drug-likeness (QED) is 0.464. The molecule has 0 radical (unpaired) electrons. The molecule has 0 fully saturated rings. The molecule has 3 amide bonds. The topological polar surface area (TPSA) is 139 Å². The highest BCUT2D eigenvalue weighted by atomic mass is 16.6. The Kier molecular flexibility index (Phi) is 6.81. The molecule has 0 aromatic heterocycles. The highest BCUT2D eigenvalue weighted by Crippen LogP contribution is 2.13. The maximum absolute atomic E-state index is 12.0. The Bertz CT molecular complexity index is 599. The molecule has 0 unspecified atom stereocenters. The number of aliphatic hydroxyl groups excluding tert-OH is 1. The molecule has 1 atom stereocenters. The molecule has 1 rings (SSSR count). The van der Waals surface area contributed by atoms with Crippen molar-refractivity contribution >= 4 is 23.4 Å². The number of nitro benzene ring substituents is 1. The fourth-order valence-corrected chi connectivity index (χ4v) is 1.83. The highest BCUT2D eigenvalue weighted by molar-refractivity contribution is 5.99. The number of carbonyl (C=O) groups excluding carboxylic acids is 3. The van der Waals surface area contributed by atoms with E-state index < -0.39 is 35.3 Å². The Morgan fingerprint density at radius 2 is 1.87 bits per heavy atom. The van der Waals surface area contributed by atoms with Gasteiger partial charge >= 0.3 is 0 Å². The number of benzene rings is 1. The maximum Gasteiger partial charge on any atom is 0.269 e. The number of non-ortho nitro benzene ring substituents is 1. The normalized spacial score (nSPS) is 11.4. The van der Waals surface area contributed by atoms with Crippen molar-refractivity contribution in [3.8, 4) is 0 Å². The fourth-order valence-electron chi connectivity index (χ4n) is 1.83. The van der Waals surface area contributed by atoms with Gasteiger partial charge in [0.15, 0.2) is 0 Å². The maximum atomic E-state index is 12.0. The SMILES string of the molecule is CC(=O)N[C@H](Cc1ccc([N+](=O)[O-])cc1)C(=O)NC(=O)CCO. The van der Waals surface area contributed by atoms with Crippen LogP contribution in [-0.2, 0) is 20.8 Å². The molecule has 9 nitrogen and oxygen atoms in total. The van der Waals surface area contributed by atoms with Gasteiger partial charge in [0.05, 0.1) is 18.0 Å². The van der Waals surface area contributed by atoms with Gasteiger partial charge in [-0.25, -0.2) is 0 Å². The third-order valence-corrected chi connectivity index (χ3v) is 2.88. The number of aliphatic hydroxyl groups is 1. The van der Waals surface area contributed by atoms with Gasteiger partial charge in [0.2, 0.25) is 17.7 Å². The Morgan fingerprint density at radius 3 is 2.35 bits per heavy atom. The van der Waals surface area contributed by atoms with E-state index in [2.05, 4.69) is 10.6 Å². The van der Waals surface area contributed by atoms with Crippen LogP contribution < -0.4 is 10.6 Å². The molecule has 0 heterocycles. The first kappa shape index (κ1) is 18.2. The van der Waals surface area contributed by atoms with E-state index in [1.54, 1.807) is 0 Å². The van der Waals surface area contributed by atoms with Crippen LogP contribution in [0.1, 0.15) is 18.9 Å². The standard InChI is InChI=1S/C14H17N3O6/c1-9(19)15-12(14(21)16-13(20)6-7-18)8-10-2-4-11(5-3-10)17(22)23/h2-5,12,18H,6-8H2,1H3,(H,15,19)(H,16,20,21)/t12-/m1/s1. The first-order valence-corrected chi connectivity index (χ1v) is 6.78. The van der Waals surface area contributed by atoms with E-state index in [1.165, 1.54) is 31.2 Å². The van der Waals surface area contributed by atoms with Crippen molar-refractivity contribution < 1.29 is 24.4 Å². The lowest BCUT2D eigenvalue weighted by molar-refractivity contribution is -0.384. The number of hydrogen-bond acceptors (Lipinski definition) is 6. The van der Waals surface area contributed by atoms with Gasteiger partial charge in [-0.1, -0.05) is 12.1 Å². The van der Waals surface area contributed by atoms with Gasteiger partial charge in [-0.2, -0.15) is 0 Å². The van der Waals surface area contributed by atoms with Crippen LogP contribution in [0.3, 0.4) is 0 Å². The Labute approximate surface area is 131 Å². The lowest BCUT2D eigenvalue weighted by Gasteiger charge is -2.17. The smallest absolute Gasteiger partial charge is 0.269 e. The summed E-state index contributed by atoms with van der Waals surface area (Å²) in [7, 11) is 0. The van der Waals surface area contributed by atoms with Gasteiger partial charge < -0.3 is 10.4 Å². The van der Waals surface area contributed by atoms with E-state index in [0.29, 0.717) is 5.56 Å². The summed E-state index contributed by atoms with van der Waals surface area (Å²) in [4.78, 5) is 44.6. The molecule has 0 saturated carbocycles. The van der Waals surface area contributed by atoms with Crippen LogP contribution in [0.5, 0.6) is 0 Å². The molecule has 0 aliphatic heterocycles. The Morgan fingerprint density at radius 1 is 1.26 bits per heavy atom. The first-order valence-electron chi connectivity index (χ1n) is 6.78. The van der Waals surface area contributed by atoms with E-state index in [-0.39, 0.29) is 18.5 Å². The monoisotopic (exact) mass is 323 g/mol. The van der Waals surface area contributed by atoms with Crippen LogP contribution in [0.4, 0.5) is 5.69 Å². The second kappa shape index (κ2) is 8.59. The number of nitro groups is 1. The molecule has 3 N–H and O–H groups in total. The lowest BCUT2D eigenvalue weighted by Crippen LogP contribution is -2.49. The molecule has 0 aliphatic rings. The fraction of sp³-hybridized carbons (Fsp3) is 0.357. The number of amides is 3. The van der Waals surface area contributed by atoms with E-state index in [9.17, 15) is 24.5 Å². The third kappa shape index (κ3) is 6.22. The van der Waals surface area contributed by atoms with Gasteiger partial charge in [-0.3, -0.25) is 29.8 Å². The number of hydrogen-bond donors (Lipinski definition) is 3. The minimum atomic E-state index is -1.00. The number of nitrogens with one attached hydrogen (secondary N) is 2. The van der Waals surface area contributed by atoms with Gasteiger partial charge in [0, 0.05) is 25.5 Å². The van der Waals surface area contributed by atoms with Gasteiger partial charge in [-0.05, 0) is 5.56 Å². The van der Waals surface area contributed by atoms with Crippen molar-refractivity contribution in [2.75, 3.05) is 6.61 Å². The van der Waals surface area contributed by atoms with Crippen molar-refractivity contribution in [1.82, 2.24) is 10.6 Å². The zero-order valence-corrected chi connectivity index (χ0v) is 12.4. The van der Waals surface area contributed by atoms with Crippen molar-refractivity contribution in [2.24, 2.45) is 0 Å². The molecule has 0 bridgehead atoms. The molecule has 9 heteroatoms. The average Bonchev–Trinajstić information content (AvgIpc) is 2.46. The Balaban J connectivity index is 2.81. The second-order valence-electron chi connectivity index (χ2n) is 4.77. The molecule has 0 saturated heterocycles. The average molecular weight is 323 g/mol. The summed E-state index contributed by atoms with van der Waals surface area (Å²) in [5, 5.41) is 23.7. The number of rotatable bonds is 7. The third-order valence-electron chi connectivity index (χ3n) is 2.88. The summed E-state index contributed by atoms with van der Waals surface area (Å²) in [5.74, 6) is -1.82. The summed E-state index contributed by atoms with van der Waals surface area (Å²) in [6.07, 6.45) is -0.161. The predicted octanol–water partition coefficient (Wildman–Crippen LogP) is -0.333. The zero-order chi connectivity index (χ0) is 17.4. The second-order valence-corrected chi connectivity index (χ2v) is 4.77. The van der Waals surface area contributed by atoms with E-state index in [0.717, 1.165) is 0 Å². The van der Waals surface area contributed by atoms with Crippen molar-refractivity contribution in [2.45, 2.75) is 25.8 Å². The van der Waals surface area contributed by atoms with Crippen molar-refractivity contribution in [3.63, 3.8) is 0 Å². The van der Waals surface area contributed by atoms with Crippen LogP contribution >= 0.6 is 0 Å². The first-order chi connectivity index (χ1) is 10.8. The highest BCUT2D eigenvalue weighted by Gasteiger charge is 2.22. The summed E-state index contributed by atoms with van der Waals surface area (Å²) >= 11 is 0. The number of imide groups is 1. The van der Waals surface area contributed by atoms with Crippen molar-refractivity contribution in [3.05, 3.63) is 39.9 Å². The summed E-state index contributed by atoms with van der Waals surface area (Å²) in [6.45, 7) is 0.831. The minimum Gasteiger partial charge on any atom is -0.396 e.